The Kier molecular flexibility index (Phi) is 8.12. The zero-order valence-electron chi connectivity index (χ0n) is 26.8. The third-order valence-electron chi connectivity index (χ3n) is 10.4. The lowest BCUT2D eigenvalue weighted by molar-refractivity contribution is -0.153. The number of nitrogens with zero attached hydrogens (tertiary/aromatic N) is 4. The Morgan fingerprint density at radius 3 is 2.62 bits per heavy atom. The maximum Gasteiger partial charge on any atom is 0.422 e. The van der Waals surface area contributed by atoms with Crippen LogP contribution in [0.15, 0.2) is 30.3 Å². The zero-order chi connectivity index (χ0) is 34.9. The van der Waals surface area contributed by atoms with Crippen LogP contribution in [-0.2, 0) is 0 Å². The first-order chi connectivity index (χ1) is 23.9. The largest absolute Gasteiger partial charge is 0.508 e. The number of anilines is 1. The number of phenolic OH excluding ortho intramolecular Hbond substituents is 1. The van der Waals surface area contributed by atoms with Crippen LogP contribution in [0.2, 0.25) is 5.02 Å². The Balaban J connectivity index is 1.36. The highest BCUT2D eigenvalue weighted by Crippen LogP contribution is 2.49. The topological polar surface area (TPSA) is 83.0 Å². The van der Waals surface area contributed by atoms with Gasteiger partial charge in [-0.05, 0) is 67.4 Å². The molecule has 4 aliphatic rings. The number of aromatic hydroxyl groups is 1. The Bertz CT molecular complexity index is 2050. The number of fused-ring (bicyclic) bond motifs is 5. The fraction of sp³-hybridized carbons (Fsp3) is 0.444. The number of phenols is 1. The van der Waals surface area contributed by atoms with Crippen LogP contribution in [0.4, 0.5) is 27.8 Å². The molecule has 14 heteroatoms. The van der Waals surface area contributed by atoms with Crippen molar-refractivity contribution < 1.29 is 36.5 Å². The van der Waals surface area contributed by atoms with E-state index in [2.05, 4.69) is 21.1 Å². The van der Waals surface area contributed by atoms with E-state index < -0.39 is 30.3 Å². The molecule has 0 radical (unpaired) electrons. The van der Waals surface area contributed by atoms with Crippen molar-refractivity contribution in [3.05, 3.63) is 46.7 Å². The van der Waals surface area contributed by atoms with Crippen molar-refractivity contribution >= 4 is 39.1 Å². The highest BCUT2D eigenvalue weighted by atomic mass is 35.5. The maximum absolute atomic E-state index is 15.1. The monoisotopic (exact) mass is 713 g/mol. The van der Waals surface area contributed by atoms with Crippen LogP contribution in [-0.4, -0.2) is 89.3 Å². The number of ether oxygens (including phenoxy) is 2. The summed E-state index contributed by atoms with van der Waals surface area (Å²) in [5.74, 6) is 1.38. The smallest absolute Gasteiger partial charge is 0.422 e. The van der Waals surface area contributed by atoms with Crippen LogP contribution < -0.4 is 19.7 Å². The fourth-order valence-electron chi connectivity index (χ4n) is 8.40. The first-order valence-electron chi connectivity index (χ1n) is 16.6. The lowest BCUT2D eigenvalue weighted by Crippen LogP contribution is -2.51. The van der Waals surface area contributed by atoms with Gasteiger partial charge in [-0.1, -0.05) is 23.6 Å². The molecule has 2 bridgehead atoms. The maximum atomic E-state index is 15.1. The predicted octanol–water partition coefficient (Wildman–Crippen LogP) is 6.77. The minimum absolute atomic E-state index is 0.0229. The lowest BCUT2D eigenvalue weighted by atomic mass is 9.92. The second kappa shape index (κ2) is 12.3. The zero-order valence-corrected chi connectivity index (χ0v) is 27.6. The second-order valence-corrected chi connectivity index (χ2v) is 14.2. The number of aromatic nitrogens is 2. The summed E-state index contributed by atoms with van der Waals surface area (Å²) in [6.07, 6.45) is 3.80. The highest BCUT2D eigenvalue weighted by Gasteiger charge is 2.49. The highest BCUT2D eigenvalue weighted by molar-refractivity contribution is 6.35. The summed E-state index contributed by atoms with van der Waals surface area (Å²) < 4.78 is 83.2. The van der Waals surface area contributed by atoms with Crippen molar-refractivity contribution in [1.82, 2.24) is 20.2 Å². The van der Waals surface area contributed by atoms with Crippen molar-refractivity contribution in [3.8, 4) is 41.0 Å². The van der Waals surface area contributed by atoms with Crippen LogP contribution in [0, 0.1) is 18.2 Å². The van der Waals surface area contributed by atoms with Crippen LogP contribution >= 0.6 is 11.6 Å². The molecular formula is C36H33ClF5N5O3. The van der Waals surface area contributed by atoms with Gasteiger partial charge in [0.15, 0.2) is 12.4 Å². The molecule has 0 aliphatic carbocycles. The summed E-state index contributed by atoms with van der Waals surface area (Å²) >= 11 is 6.98. The number of alkyl halides is 4. The summed E-state index contributed by atoms with van der Waals surface area (Å²) in [4.78, 5) is 13.6. The number of rotatable bonds is 7. The first kappa shape index (κ1) is 33.0. The predicted molar refractivity (Wildman–Crippen MR) is 179 cm³/mol. The van der Waals surface area contributed by atoms with Crippen molar-refractivity contribution in [2.45, 2.75) is 62.1 Å². The number of terminal acetylenes is 1. The molecule has 0 saturated carbocycles. The molecule has 0 unspecified atom stereocenters. The molecule has 0 amide bonds. The molecule has 8 nitrogen and oxygen atoms in total. The Hall–Kier alpha value is -4.12. The SMILES string of the molecule is C#Cc1c(F)ccc2cc(O)cc(-c3c(Cl)cc4c(N5C[C@H]6CC[C@@H](C5)N6)nc(OC[C@@]56CCCN5C[C@H](F)C6)nc4c3OCC(F)(F)F)c12. The Morgan fingerprint density at radius 1 is 1.10 bits per heavy atom. The van der Waals surface area contributed by atoms with E-state index in [9.17, 15) is 22.7 Å². The van der Waals surface area contributed by atoms with Crippen molar-refractivity contribution in [2.24, 2.45) is 0 Å². The third-order valence-corrected chi connectivity index (χ3v) is 10.7. The molecule has 262 valence electrons. The molecule has 2 N–H and O–H groups in total. The molecule has 0 spiro atoms. The van der Waals surface area contributed by atoms with E-state index >= 15 is 4.39 Å². The van der Waals surface area contributed by atoms with E-state index in [0.717, 1.165) is 38.3 Å². The van der Waals surface area contributed by atoms with E-state index in [4.69, 9.17) is 32.5 Å². The average molecular weight is 714 g/mol. The number of hydrogen-bond donors (Lipinski definition) is 2. The molecule has 4 fully saturated rings. The molecule has 5 heterocycles. The molecule has 4 aromatic rings. The van der Waals surface area contributed by atoms with Crippen LogP contribution in [0.1, 0.15) is 37.7 Å². The van der Waals surface area contributed by atoms with Crippen molar-refractivity contribution in [2.75, 3.05) is 44.3 Å². The molecule has 3 aromatic carbocycles. The fourth-order valence-corrected chi connectivity index (χ4v) is 8.70. The van der Waals surface area contributed by atoms with Gasteiger partial charge in [0.2, 0.25) is 0 Å². The number of hydrogen-bond acceptors (Lipinski definition) is 8. The van der Waals surface area contributed by atoms with Gasteiger partial charge in [0.05, 0.1) is 16.1 Å². The van der Waals surface area contributed by atoms with Gasteiger partial charge in [-0.15, -0.1) is 6.42 Å². The van der Waals surface area contributed by atoms with Crippen molar-refractivity contribution in [1.29, 1.82) is 0 Å². The minimum atomic E-state index is -4.76. The third kappa shape index (κ3) is 5.81. The Morgan fingerprint density at radius 2 is 1.88 bits per heavy atom. The number of halogens is 6. The van der Waals surface area contributed by atoms with E-state index in [0.29, 0.717) is 42.6 Å². The lowest BCUT2D eigenvalue weighted by Gasteiger charge is -2.35. The van der Waals surface area contributed by atoms with Gasteiger partial charge in [-0.3, -0.25) is 4.90 Å². The summed E-state index contributed by atoms with van der Waals surface area (Å²) in [6.45, 7) is 0.587. The quantitative estimate of drug-likeness (QED) is 0.161. The number of nitrogens with one attached hydrogen (secondary N) is 1. The minimum Gasteiger partial charge on any atom is -0.508 e. The molecule has 1 aromatic heterocycles. The molecule has 4 aliphatic heterocycles. The summed E-state index contributed by atoms with van der Waals surface area (Å²) in [7, 11) is 0. The van der Waals surface area contributed by atoms with Crippen LogP contribution in [0.5, 0.6) is 17.5 Å². The normalized spacial score (nSPS) is 25.0. The average Bonchev–Trinajstić information content (AvgIpc) is 3.71. The van der Waals surface area contributed by atoms with Crippen molar-refractivity contribution in [3.63, 3.8) is 0 Å². The van der Waals surface area contributed by atoms with Crippen LogP contribution in [0.3, 0.4) is 0 Å². The Labute approximate surface area is 289 Å². The first-order valence-corrected chi connectivity index (χ1v) is 17.0. The van der Waals surface area contributed by atoms with Crippen LogP contribution in [0.25, 0.3) is 32.8 Å². The van der Waals surface area contributed by atoms with Gasteiger partial charge in [0, 0.05) is 54.5 Å². The van der Waals surface area contributed by atoms with E-state index in [1.54, 1.807) is 6.07 Å². The summed E-state index contributed by atoms with van der Waals surface area (Å²) in [6, 6.07) is 6.97. The van der Waals surface area contributed by atoms with Gasteiger partial charge < -0.3 is 24.8 Å². The van der Waals surface area contributed by atoms with Gasteiger partial charge in [-0.2, -0.15) is 23.1 Å². The van der Waals surface area contributed by atoms with E-state index in [1.165, 1.54) is 18.2 Å². The number of benzene rings is 3. The summed E-state index contributed by atoms with van der Waals surface area (Å²) in [5, 5.41) is 15.1. The van der Waals surface area contributed by atoms with Gasteiger partial charge in [0.1, 0.15) is 35.7 Å². The molecule has 50 heavy (non-hydrogen) atoms. The molecule has 8 rings (SSSR count). The van der Waals surface area contributed by atoms with E-state index in [-0.39, 0.29) is 68.8 Å². The second-order valence-electron chi connectivity index (χ2n) is 13.8. The summed E-state index contributed by atoms with van der Waals surface area (Å²) in [5.41, 5.74) is -0.741. The van der Waals surface area contributed by atoms with Gasteiger partial charge in [-0.25, -0.2) is 8.78 Å². The van der Waals surface area contributed by atoms with E-state index in [1.807, 2.05) is 4.90 Å². The standard InChI is InChI=1S/C36H33ClF5N5O3/c1-2-24-28(39)7-4-19-10-23(48)11-25(29(19)24)30-27(37)12-26-31(32(30)49-18-36(40,41)42)44-34(45-33(26)46-15-21-5-6-22(16-46)43-21)50-17-35-8-3-9-47(35)14-20(38)13-35/h1,4,7,10-12,20-22,43,48H,3,5-6,8-9,13-18H2/t20-,21-,22+,35+/m1/s1. The number of piperazine rings is 1. The molecular weight excluding hydrogens is 681 g/mol. The van der Waals surface area contributed by atoms with Gasteiger partial charge in [0.25, 0.3) is 0 Å². The van der Waals surface area contributed by atoms with Gasteiger partial charge >= 0.3 is 12.2 Å². The molecule has 4 saturated heterocycles. The molecule has 4 atom stereocenters.